The van der Waals surface area contributed by atoms with Crippen molar-refractivity contribution in [3.8, 4) is 0 Å². The summed E-state index contributed by atoms with van der Waals surface area (Å²) in [4.78, 5) is 9.14. The normalized spacial score (nSPS) is 16.1. The van der Waals surface area contributed by atoms with Gasteiger partial charge in [-0.3, -0.25) is 0 Å². The van der Waals surface area contributed by atoms with E-state index in [0.29, 0.717) is 5.92 Å². The molecule has 114 valence electrons. The fourth-order valence-corrected chi connectivity index (χ4v) is 2.91. The number of nitrogens with one attached hydrogen (secondary N) is 1. The Labute approximate surface area is 129 Å². The van der Waals surface area contributed by atoms with E-state index in [4.69, 9.17) is 0 Å². The van der Waals surface area contributed by atoms with Gasteiger partial charge in [-0.1, -0.05) is 6.92 Å². The Hall–Kier alpha value is -2.37. The summed E-state index contributed by atoms with van der Waals surface area (Å²) < 4.78 is 3.97. The smallest absolute Gasteiger partial charge is 0.157 e. The molecule has 0 unspecified atom stereocenters. The molecule has 0 spiro atoms. The lowest BCUT2D eigenvalue weighted by Gasteiger charge is -2.20. The van der Waals surface area contributed by atoms with E-state index in [2.05, 4.69) is 37.9 Å². The number of anilines is 1. The SMILES string of the molecule is CCc1cc(N[C@@H](c2nccn2C)C2CC2)n2nccc2n1. The van der Waals surface area contributed by atoms with Crippen molar-refractivity contribution in [1.82, 2.24) is 24.1 Å². The summed E-state index contributed by atoms with van der Waals surface area (Å²) in [6.07, 6.45) is 9.06. The third-order valence-electron chi connectivity index (χ3n) is 4.31. The molecule has 0 aliphatic heterocycles. The Morgan fingerprint density at radius 2 is 2.23 bits per heavy atom. The predicted molar refractivity (Wildman–Crippen MR) is 84.7 cm³/mol. The van der Waals surface area contributed by atoms with Crippen LogP contribution in [0.3, 0.4) is 0 Å². The van der Waals surface area contributed by atoms with Crippen LogP contribution >= 0.6 is 0 Å². The van der Waals surface area contributed by atoms with E-state index in [-0.39, 0.29) is 6.04 Å². The molecular formula is C16H20N6. The van der Waals surface area contributed by atoms with Crippen LogP contribution in [0.15, 0.2) is 30.7 Å². The zero-order valence-corrected chi connectivity index (χ0v) is 12.9. The Morgan fingerprint density at radius 1 is 1.36 bits per heavy atom. The van der Waals surface area contributed by atoms with E-state index in [1.807, 2.05) is 30.0 Å². The van der Waals surface area contributed by atoms with E-state index in [9.17, 15) is 0 Å². The molecule has 3 aromatic heterocycles. The van der Waals surface area contributed by atoms with Crippen molar-refractivity contribution in [2.45, 2.75) is 32.2 Å². The van der Waals surface area contributed by atoms with Crippen molar-refractivity contribution in [3.63, 3.8) is 0 Å². The fourth-order valence-electron chi connectivity index (χ4n) is 2.91. The maximum absolute atomic E-state index is 4.60. The van der Waals surface area contributed by atoms with Crippen molar-refractivity contribution in [1.29, 1.82) is 0 Å². The van der Waals surface area contributed by atoms with E-state index in [0.717, 1.165) is 29.4 Å². The van der Waals surface area contributed by atoms with Crippen molar-refractivity contribution >= 4 is 11.5 Å². The molecule has 0 aromatic carbocycles. The average Bonchev–Trinajstić information content (AvgIpc) is 3.10. The van der Waals surface area contributed by atoms with Gasteiger partial charge < -0.3 is 9.88 Å². The van der Waals surface area contributed by atoms with Crippen LogP contribution in [-0.2, 0) is 13.5 Å². The Bertz CT molecular complexity index is 798. The number of hydrogen-bond acceptors (Lipinski definition) is 4. The van der Waals surface area contributed by atoms with Gasteiger partial charge >= 0.3 is 0 Å². The summed E-state index contributed by atoms with van der Waals surface area (Å²) in [5.41, 5.74) is 1.96. The van der Waals surface area contributed by atoms with Crippen LogP contribution in [0.5, 0.6) is 0 Å². The molecule has 0 bridgehead atoms. The molecule has 0 radical (unpaired) electrons. The van der Waals surface area contributed by atoms with Crippen LogP contribution in [0.2, 0.25) is 0 Å². The quantitative estimate of drug-likeness (QED) is 0.786. The van der Waals surface area contributed by atoms with Gasteiger partial charge in [-0.25, -0.2) is 9.97 Å². The maximum atomic E-state index is 4.60. The molecule has 1 N–H and O–H groups in total. The summed E-state index contributed by atoms with van der Waals surface area (Å²) in [6, 6.07) is 4.26. The van der Waals surface area contributed by atoms with Crippen molar-refractivity contribution < 1.29 is 0 Å². The lowest BCUT2D eigenvalue weighted by molar-refractivity contribution is 0.601. The average molecular weight is 296 g/mol. The lowest BCUT2D eigenvalue weighted by Crippen LogP contribution is -2.19. The van der Waals surface area contributed by atoms with Gasteiger partial charge in [0.25, 0.3) is 0 Å². The van der Waals surface area contributed by atoms with Crippen LogP contribution in [0, 0.1) is 5.92 Å². The molecule has 4 rings (SSSR count). The second-order valence-electron chi connectivity index (χ2n) is 5.94. The molecular weight excluding hydrogens is 276 g/mol. The topological polar surface area (TPSA) is 60.0 Å². The highest BCUT2D eigenvalue weighted by molar-refractivity contribution is 5.50. The number of aromatic nitrogens is 5. The monoisotopic (exact) mass is 296 g/mol. The summed E-state index contributed by atoms with van der Waals surface area (Å²) in [6.45, 7) is 2.12. The Kier molecular flexibility index (Phi) is 3.10. The molecule has 0 saturated heterocycles. The molecule has 3 aromatic rings. The molecule has 22 heavy (non-hydrogen) atoms. The van der Waals surface area contributed by atoms with Crippen molar-refractivity contribution in [2.24, 2.45) is 13.0 Å². The summed E-state index contributed by atoms with van der Waals surface area (Å²) in [5, 5.41) is 8.06. The first-order valence-electron chi connectivity index (χ1n) is 7.83. The van der Waals surface area contributed by atoms with E-state index in [1.165, 1.54) is 12.8 Å². The van der Waals surface area contributed by atoms with Crippen LogP contribution in [-0.4, -0.2) is 24.1 Å². The van der Waals surface area contributed by atoms with Crippen molar-refractivity contribution in [2.75, 3.05) is 5.32 Å². The second-order valence-corrected chi connectivity index (χ2v) is 5.94. The molecule has 1 aliphatic rings. The van der Waals surface area contributed by atoms with Gasteiger partial charge in [0.15, 0.2) is 5.65 Å². The largest absolute Gasteiger partial charge is 0.360 e. The Balaban J connectivity index is 1.75. The van der Waals surface area contributed by atoms with Gasteiger partial charge in [-0.15, -0.1) is 0 Å². The zero-order valence-electron chi connectivity index (χ0n) is 12.9. The minimum absolute atomic E-state index is 0.222. The van der Waals surface area contributed by atoms with Crippen molar-refractivity contribution in [3.05, 3.63) is 42.2 Å². The molecule has 6 nitrogen and oxygen atoms in total. The van der Waals surface area contributed by atoms with E-state index >= 15 is 0 Å². The summed E-state index contributed by atoms with van der Waals surface area (Å²) >= 11 is 0. The predicted octanol–water partition coefficient (Wildman–Crippen LogP) is 2.59. The number of aryl methyl sites for hydroxylation is 2. The summed E-state index contributed by atoms with van der Waals surface area (Å²) in [5.74, 6) is 2.72. The third kappa shape index (κ3) is 2.24. The highest BCUT2D eigenvalue weighted by atomic mass is 15.3. The number of hydrogen-bond donors (Lipinski definition) is 1. The van der Waals surface area contributed by atoms with Crippen LogP contribution < -0.4 is 5.32 Å². The van der Waals surface area contributed by atoms with Gasteiger partial charge in [-0.2, -0.15) is 9.61 Å². The maximum Gasteiger partial charge on any atom is 0.157 e. The highest BCUT2D eigenvalue weighted by Gasteiger charge is 2.35. The molecule has 0 amide bonds. The van der Waals surface area contributed by atoms with Gasteiger partial charge in [0.1, 0.15) is 11.6 Å². The third-order valence-corrected chi connectivity index (χ3v) is 4.31. The first-order chi connectivity index (χ1) is 10.8. The molecule has 1 aliphatic carbocycles. The molecule has 1 atom stereocenters. The first-order valence-corrected chi connectivity index (χ1v) is 7.83. The molecule has 1 saturated carbocycles. The number of rotatable bonds is 5. The summed E-state index contributed by atoms with van der Waals surface area (Å²) in [7, 11) is 2.05. The van der Waals surface area contributed by atoms with E-state index < -0.39 is 0 Å². The standard InChI is InChI=1S/C16H20N6/c1-3-12-10-14(22-13(19-12)6-7-18-22)20-15(11-4-5-11)16-17-8-9-21(16)2/h6-11,15,20H,3-5H2,1-2H3/t15-/m1/s1. The van der Waals surface area contributed by atoms with Crippen LogP contribution in [0.4, 0.5) is 5.82 Å². The molecule has 3 heterocycles. The highest BCUT2D eigenvalue weighted by Crippen LogP contribution is 2.42. The van der Waals surface area contributed by atoms with Crippen LogP contribution in [0.1, 0.15) is 37.3 Å². The van der Waals surface area contributed by atoms with E-state index in [1.54, 1.807) is 6.20 Å². The fraction of sp³-hybridized carbons (Fsp3) is 0.438. The Morgan fingerprint density at radius 3 is 2.91 bits per heavy atom. The van der Waals surface area contributed by atoms with Gasteiger partial charge in [0, 0.05) is 37.3 Å². The zero-order chi connectivity index (χ0) is 15.1. The van der Waals surface area contributed by atoms with Gasteiger partial charge in [-0.05, 0) is 25.2 Å². The number of nitrogens with zero attached hydrogens (tertiary/aromatic N) is 5. The van der Waals surface area contributed by atoms with Crippen LogP contribution in [0.25, 0.3) is 5.65 Å². The second kappa shape index (κ2) is 5.12. The minimum atomic E-state index is 0.222. The lowest BCUT2D eigenvalue weighted by atomic mass is 10.1. The number of imidazole rings is 1. The minimum Gasteiger partial charge on any atom is -0.360 e. The molecule has 6 heteroatoms. The van der Waals surface area contributed by atoms with Gasteiger partial charge in [0.2, 0.25) is 0 Å². The first kappa shape index (κ1) is 13.3. The number of fused-ring (bicyclic) bond motifs is 1. The molecule has 1 fully saturated rings. The van der Waals surface area contributed by atoms with Gasteiger partial charge in [0.05, 0.1) is 12.2 Å².